The molecule has 2 rings (SSSR count). The van der Waals surface area contributed by atoms with E-state index < -0.39 is 0 Å². The third-order valence-corrected chi connectivity index (χ3v) is 4.82. The molecule has 0 radical (unpaired) electrons. The highest BCUT2D eigenvalue weighted by Gasteiger charge is 2.27. The molecular weight excluding hydrogens is 358 g/mol. The SMILES string of the molecule is Cc1ccc(C(=O)N2CCCCC2CBr)c(Br)c1. The van der Waals surface area contributed by atoms with Gasteiger partial charge in [-0.1, -0.05) is 22.0 Å². The summed E-state index contributed by atoms with van der Waals surface area (Å²) in [5.41, 5.74) is 1.93. The zero-order valence-corrected chi connectivity index (χ0v) is 13.6. The minimum atomic E-state index is 0.144. The first-order valence-corrected chi connectivity index (χ1v) is 8.18. The van der Waals surface area contributed by atoms with E-state index in [1.54, 1.807) is 0 Å². The van der Waals surface area contributed by atoms with Crippen LogP contribution in [0.15, 0.2) is 22.7 Å². The van der Waals surface area contributed by atoms with Crippen molar-refractivity contribution in [3.63, 3.8) is 0 Å². The number of benzene rings is 1. The third-order valence-electron chi connectivity index (χ3n) is 3.42. The van der Waals surface area contributed by atoms with Crippen LogP contribution in [0.25, 0.3) is 0 Å². The molecule has 4 heteroatoms. The van der Waals surface area contributed by atoms with Crippen LogP contribution < -0.4 is 0 Å². The number of aryl methyl sites for hydroxylation is 1. The van der Waals surface area contributed by atoms with Crippen LogP contribution in [0.5, 0.6) is 0 Å². The number of alkyl halides is 1. The Balaban J connectivity index is 2.24. The van der Waals surface area contributed by atoms with Gasteiger partial charge in [-0.15, -0.1) is 0 Å². The smallest absolute Gasteiger partial charge is 0.255 e. The predicted molar refractivity (Wildman–Crippen MR) is 81.3 cm³/mol. The molecule has 0 N–H and O–H groups in total. The van der Waals surface area contributed by atoms with Crippen molar-refractivity contribution in [3.05, 3.63) is 33.8 Å². The van der Waals surface area contributed by atoms with E-state index in [1.165, 1.54) is 6.42 Å². The second kappa shape index (κ2) is 6.20. The fourth-order valence-electron chi connectivity index (χ4n) is 2.38. The molecule has 0 spiro atoms. The van der Waals surface area contributed by atoms with E-state index in [-0.39, 0.29) is 5.91 Å². The Kier molecular flexibility index (Phi) is 4.84. The maximum Gasteiger partial charge on any atom is 0.255 e. The third kappa shape index (κ3) is 2.97. The predicted octanol–water partition coefficient (Wildman–Crippen LogP) is 4.15. The zero-order valence-electron chi connectivity index (χ0n) is 10.5. The molecule has 0 bridgehead atoms. The van der Waals surface area contributed by atoms with Crippen molar-refractivity contribution in [3.8, 4) is 0 Å². The van der Waals surface area contributed by atoms with Gasteiger partial charge in [0, 0.05) is 22.4 Å². The first kappa shape index (κ1) is 14.1. The van der Waals surface area contributed by atoms with Crippen molar-refractivity contribution in [2.75, 3.05) is 11.9 Å². The lowest BCUT2D eigenvalue weighted by atomic mass is 10.0. The van der Waals surface area contributed by atoms with Gasteiger partial charge in [0.25, 0.3) is 5.91 Å². The molecule has 1 aromatic rings. The summed E-state index contributed by atoms with van der Waals surface area (Å²) in [6.07, 6.45) is 3.42. The van der Waals surface area contributed by atoms with Crippen LogP contribution in [-0.2, 0) is 0 Å². The topological polar surface area (TPSA) is 20.3 Å². The monoisotopic (exact) mass is 373 g/mol. The van der Waals surface area contributed by atoms with E-state index in [2.05, 4.69) is 31.9 Å². The van der Waals surface area contributed by atoms with Crippen molar-refractivity contribution in [2.24, 2.45) is 0 Å². The number of carbonyl (C=O) groups is 1. The Morgan fingerprint density at radius 1 is 1.44 bits per heavy atom. The number of nitrogens with zero attached hydrogens (tertiary/aromatic N) is 1. The van der Waals surface area contributed by atoms with Gasteiger partial charge in [0.1, 0.15) is 0 Å². The summed E-state index contributed by atoms with van der Waals surface area (Å²) in [6, 6.07) is 6.24. The van der Waals surface area contributed by atoms with Crippen molar-refractivity contribution >= 4 is 37.8 Å². The van der Waals surface area contributed by atoms with Crippen molar-refractivity contribution < 1.29 is 4.79 Å². The first-order valence-electron chi connectivity index (χ1n) is 6.26. The molecule has 1 atom stereocenters. The van der Waals surface area contributed by atoms with E-state index >= 15 is 0 Å². The average molecular weight is 375 g/mol. The summed E-state index contributed by atoms with van der Waals surface area (Å²) in [7, 11) is 0. The maximum absolute atomic E-state index is 12.6. The highest BCUT2D eigenvalue weighted by atomic mass is 79.9. The quantitative estimate of drug-likeness (QED) is 0.712. The van der Waals surface area contributed by atoms with Crippen LogP contribution in [-0.4, -0.2) is 28.7 Å². The number of likely N-dealkylation sites (tertiary alicyclic amines) is 1. The fourth-order valence-corrected chi connectivity index (χ4v) is 3.71. The van der Waals surface area contributed by atoms with Gasteiger partial charge in [0.15, 0.2) is 0 Å². The summed E-state index contributed by atoms with van der Waals surface area (Å²) < 4.78 is 0.895. The summed E-state index contributed by atoms with van der Waals surface area (Å²) in [6.45, 7) is 2.90. The molecule has 1 aliphatic rings. The van der Waals surface area contributed by atoms with Crippen LogP contribution in [0.3, 0.4) is 0 Å². The molecule has 1 heterocycles. The van der Waals surface area contributed by atoms with Crippen LogP contribution >= 0.6 is 31.9 Å². The Morgan fingerprint density at radius 3 is 2.89 bits per heavy atom. The van der Waals surface area contributed by atoms with E-state index in [9.17, 15) is 4.79 Å². The lowest BCUT2D eigenvalue weighted by Gasteiger charge is -2.35. The lowest BCUT2D eigenvalue weighted by molar-refractivity contribution is 0.0641. The van der Waals surface area contributed by atoms with Gasteiger partial charge in [-0.05, 0) is 59.8 Å². The molecular formula is C14H17Br2NO. The molecule has 0 aromatic heterocycles. The van der Waals surface area contributed by atoms with Crippen molar-refractivity contribution in [2.45, 2.75) is 32.2 Å². The van der Waals surface area contributed by atoms with E-state index in [0.717, 1.165) is 40.3 Å². The van der Waals surface area contributed by atoms with Crippen LogP contribution in [0, 0.1) is 6.92 Å². The molecule has 1 unspecified atom stereocenters. The minimum absolute atomic E-state index is 0.144. The van der Waals surface area contributed by atoms with Crippen LogP contribution in [0.1, 0.15) is 35.2 Å². The second-order valence-corrected chi connectivity index (χ2v) is 6.29. The highest BCUT2D eigenvalue weighted by Crippen LogP contribution is 2.25. The molecule has 0 saturated carbocycles. The maximum atomic E-state index is 12.6. The van der Waals surface area contributed by atoms with Gasteiger partial charge in [-0.3, -0.25) is 4.79 Å². The van der Waals surface area contributed by atoms with E-state index in [1.807, 2.05) is 30.0 Å². The normalized spacial score (nSPS) is 19.9. The molecule has 18 heavy (non-hydrogen) atoms. The molecule has 2 nitrogen and oxygen atoms in total. The summed E-state index contributed by atoms with van der Waals surface area (Å²) in [5.74, 6) is 0.144. The molecule has 1 saturated heterocycles. The van der Waals surface area contributed by atoms with Gasteiger partial charge in [-0.2, -0.15) is 0 Å². The largest absolute Gasteiger partial charge is 0.335 e. The number of halogens is 2. The number of hydrogen-bond acceptors (Lipinski definition) is 1. The minimum Gasteiger partial charge on any atom is -0.335 e. The number of hydrogen-bond donors (Lipinski definition) is 0. The zero-order chi connectivity index (χ0) is 13.1. The van der Waals surface area contributed by atoms with Crippen molar-refractivity contribution in [1.29, 1.82) is 0 Å². The number of amides is 1. The molecule has 1 aliphatic heterocycles. The van der Waals surface area contributed by atoms with Gasteiger partial charge in [0.2, 0.25) is 0 Å². The molecule has 1 amide bonds. The summed E-state index contributed by atoms with van der Waals surface area (Å²) in [5, 5.41) is 0.863. The van der Waals surface area contributed by atoms with E-state index in [0.29, 0.717) is 6.04 Å². The Bertz CT molecular complexity index is 447. The van der Waals surface area contributed by atoms with Crippen molar-refractivity contribution in [1.82, 2.24) is 4.90 Å². The Morgan fingerprint density at radius 2 is 2.22 bits per heavy atom. The van der Waals surface area contributed by atoms with Gasteiger partial charge >= 0.3 is 0 Å². The molecule has 1 fully saturated rings. The van der Waals surface area contributed by atoms with Gasteiger partial charge < -0.3 is 4.90 Å². The average Bonchev–Trinajstić information content (AvgIpc) is 2.38. The van der Waals surface area contributed by atoms with Gasteiger partial charge in [-0.25, -0.2) is 0 Å². The van der Waals surface area contributed by atoms with Crippen LogP contribution in [0.2, 0.25) is 0 Å². The number of piperidine rings is 1. The molecule has 0 aliphatic carbocycles. The lowest BCUT2D eigenvalue weighted by Crippen LogP contribution is -2.44. The Labute approximate surface area is 125 Å². The fraction of sp³-hybridized carbons (Fsp3) is 0.500. The summed E-state index contributed by atoms with van der Waals surface area (Å²) >= 11 is 7.01. The molecule has 98 valence electrons. The number of carbonyl (C=O) groups excluding carboxylic acids is 1. The first-order chi connectivity index (χ1) is 8.63. The summed E-state index contributed by atoms with van der Waals surface area (Å²) in [4.78, 5) is 14.6. The van der Waals surface area contributed by atoms with E-state index in [4.69, 9.17) is 0 Å². The second-order valence-electron chi connectivity index (χ2n) is 4.79. The number of rotatable bonds is 2. The Hall–Kier alpha value is -0.350. The van der Waals surface area contributed by atoms with Crippen LogP contribution in [0.4, 0.5) is 0 Å². The van der Waals surface area contributed by atoms with Gasteiger partial charge in [0.05, 0.1) is 5.56 Å². The molecule has 1 aromatic carbocycles. The standard InChI is InChI=1S/C14H17Br2NO/c1-10-5-6-12(13(16)8-10)14(18)17-7-3-2-4-11(17)9-15/h5-6,8,11H,2-4,7,9H2,1H3. The highest BCUT2D eigenvalue weighted by molar-refractivity contribution is 9.10.